The van der Waals surface area contributed by atoms with Crippen LogP contribution in [0.4, 0.5) is 0 Å². The number of esters is 1. The number of carbonyl (C=O) groups is 1. The normalized spacial score (nSPS) is 24.6. The van der Waals surface area contributed by atoms with Gasteiger partial charge in [-0.2, -0.15) is 0 Å². The zero-order valence-electron chi connectivity index (χ0n) is 12.9. The monoisotopic (exact) mass is 283 g/mol. The number of carbonyl (C=O) groups excluding carboxylic acids is 1. The molecule has 2 rings (SSSR count). The Morgan fingerprint density at radius 2 is 1.70 bits per heavy atom. The molecule has 0 bridgehead atoms. The van der Waals surface area contributed by atoms with Gasteiger partial charge in [-0.25, -0.2) is 0 Å². The molecular weight excluding hydrogens is 254 g/mol. The first kappa shape index (κ1) is 15.8. The summed E-state index contributed by atoms with van der Waals surface area (Å²) in [5.41, 5.74) is 0.0243. The standard InChI is InChI=1S/C16H29NO3/c1-2-20-15(18)14-16(17-10-12-19-13-11-17)8-6-4-3-5-7-9-16/h2-14H2,1H3. The van der Waals surface area contributed by atoms with Crippen molar-refractivity contribution < 1.29 is 14.3 Å². The lowest BCUT2D eigenvalue weighted by Crippen LogP contribution is -2.55. The van der Waals surface area contributed by atoms with Crippen LogP contribution in [0, 0.1) is 0 Å². The molecule has 0 aromatic heterocycles. The quantitative estimate of drug-likeness (QED) is 0.744. The van der Waals surface area contributed by atoms with Crippen LogP contribution in [0.25, 0.3) is 0 Å². The molecule has 2 fully saturated rings. The summed E-state index contributed by atoms with van der Waals surface area (Å²) >= 11 is 0. The van der Waals surface area contributed by atoms with E-state index in [0.717, 1.165) is 39.1 Å². The van der Waals surface area contributed by atoms with Gasteiger partial charge in [0.1, 0.15) is 0 Å². The highest BCUT2D eigenvalue weighted by molar-refractivity contribution is 5.71. The van der Waals surface area contributed by atoms with E-state index in [4.69, 9.17) is 9.47 Å². The Kier molecular flexibility index (Phi) is 6.30. The molecule has 0 amide bonds. The number of rotatable bonds is 4. The predicted octanol–water partition coefficient (Wildman–Crippen LogP) is 2.75. The first-order valence-corrected chi connectivity index (χ1v) is 8.25. The maximum absolute atomic E-state index is 12.1. The van der Waals surface area contributed by atoms with Crippen molar-refractivity contribution in [1.29, 1.82) is 0 Å². The van der Waals surface area contributed by atoms with E-state index in [0.29, 0.717) is 13.0 Å². The summed E-state index contributed by atoms with van der Waals surface area (Å²) in [6, 6.07) is 0. The molecule has 1 heterocycles. The van der Waals surface area contributed by atoms with Crippen LogP contribution in [0.2, 0.25) is 0 Å². The fourth-order valence-electron chi connectivity index (χ4n) is 3.69. The van der Waals surface area contributed by atoms with Crippen molar-refractivity contribution in [2.75, 3.05) is 32.9 Å². The zero-order valence-corrected chi connectivity index (χ0v) is 12.9. The third-order valence-electron chi connectivity index (χ3n) is 4.74. The van der Waals surface area contributed by atoms with Gasteiger partial charge in [0, 0.05) is 18.6 Å². The fraction of sp³-hybridized carbons (Fsp3) is 0.938. The van der Waals surface area contributed by atoms with Crippen LogP contribution in [0.15, 0.2) is 0 Å². The van der Waals surface area contributed by atoms with Crippen LogP contribution in [-0.4, -0.2) is 49.3 Å². The molecule has 0 radical (unpaired) electrons. The Hall–Kier alpha value is -0.610. The van der Waals surface area contributed by atoms with E-state index in [1.807, 2.05) is 6.92 Å². The third-order valence-corrected chi connectivity index (χ3v) is 4.74. The topological polar surface area (TPSA) is 38.8 Å². The van der Waals surface area contributed by atoms with Gasteiger partial charge in [-0.15, -0.1) is 0 Å². The molecular formula is C16H29NO3. The SMILES string of the molecule is CCOC(=O)CC1(N2CCOCC2)CCCCCCC1. The Balaban J connectivity index is 2.08. The second-order valence-corrected chi connectivity index (χ2v) is 6.07. The first-order valence-electron chi connectivity index (χ1n) is 8.25. The predicted molar refractivity (Wildman–Crippen MR) is 78.7 cm³/mol. The van der Waals surface area contributed by atoms with Crippen LogP contribution in [0.5, 0.6) is 0 Å². The molecule has 2 aliphatic rings. The number of hydrogen-bond acceptors (Lipinski definition) is 4. The summed E-state index contributed by atoms with van der Waals surface area (Å²) < 4.78 is 10.7. The van der Waals surface area contributed by atoms with E-state index in [1.165, 1.54) is 32.1 Å². The van der Waals surface area contributed by atoms with E-state index in [-0.39, 0.29) is 11.5 Å². The van der Waals surface area contributed by atoms with Crippen molar-refractivity contribution in [2.45, 2.75) is 63.8 Å². The van der Waals surface area contributed by atoms with E-state index in [1.54, 1.807) is 0 Å². The van der Waals surface area contributed by atoms with E-state index in [2.05, 4.69) is 4.90 Å². The van der Waals surface area contributed by atoms with Gasteiger partial charge in [-0.3, -0.25) is 9.69 Å². The lowest BCUT2D eigenvalue weighted by molar-refractivity contribution is -0.148. The summed E-state index contributed by atoms with van der Waals surface area (Å²) in [5, 5.41) is 0. The minimum absolute atomic E-state index is 0.0243. The summed E-state index contributed by atoms with van der Waals surface area (Å²) in [5.74, 6) is -0.0282. The van der Waals surface area contributed by atoms with Gasteiger partial charge in [-0.1, -0.05) is 32.1 Å². The van der Waals surface area contributed by atoms with Crippen molar-refractivity contribution in [3.05, 3.63) is 0 Å². The minimum atomic E-state index is -0.0282. The maximum atomic E-state index is 12.1. The molecule has 116 valence electrons. The van der Waals surface area contributed by atoms with Gasteiger partial charge >= 0.3 is 5.97 Å². The summed E-state index contributed by atoms with van der Waals surface area (Å²) in [6.45, 7) is 5.88. The molecule has 0 aromatic carbocycles. The second-order valence-electron chi connectivity index (χ2n) is 6.07. The maximum Gasteiger partial charge on any atom is 0.307 e. The van der Waals surface area contributed by atoms with Gasteiger partial charge in [0.25, 0.3) is 0 Å². The van der Waals surface area contributed by atoms with Crippen LogP contribution >= 0.6 is 0 Å². The Bertz CT molecular complexity index is 292. The molecule has 1 aliphatic heterocycles. The molecule has 0 N–H and O–H groups in total. The number of nitrogens with zero attached hydrogens (tertiary/aromatic N) is 1. The number of ether oxygens (including phenoxy) is 2. The number of hydrogen-bond donors (Lipinski definition) is 0. The lowest BCUT2D eigenvalue weighted by atomic mass is 9.79. The third kappa shape index (κ3) is 4.19. The van der Waals surface area contributed by atoms with Gasteiger partial charge in [0.05, 0.1) is 26.2 Å². The van der Waals surface area contributed by atoms with Gasteiger partial charge in [-0.05, 0) is 19.8 Å². The highest BCUT2D eigenvalue weighted by Gasteiger charge is 2.39. The minimum Gasteiger partial charge on any atom is -0.466 e. The molecule has 1 saturated carbocycles. The van der Waals surface area contributed by atoms with E-state index < -0.39 is 0 Å². The molecule has 20 heavy (non-hydrogen) atoms. The van der Waals surface area contributed by atoms with Gasteiger partial charge < -0.3 is 9.47 Å². The molecule has 4 nitrogen and oxygen atoms in total. The molecule has 1 aliphatic carbocycles. The Labute approximate surface area is 122 Å². The average Bonchev–Trinajstić information content (AvgIpc) is 2.43. The largest absolute Gasteiger partial charge is 0.466 e. The summed E-state index contributed by atoms with van der Waals surface area (Å²) in [4.78, 5) is 14.6. The van der Waals surface area contributed by atoms with Crippen molar-refractivity contribution in [3.8, 4) is 0 Å². The van der Waals surface area contributed by atoms with Crippen molar-refractivity contribution in [1.82, 2.24) is 4.90 Å². The average molecular weight is 283 g/mol. The first-order chi connectivity index (χ1) is 9.77. The van der Waals surface area contributed by atoms with Crippen molar-refractivity contribution >= 4 is 5.97 Å². The lowest BCUT2D eigenvalue weighted by Gasteiger charge is -2.46. The van der Waals surface area contributed by atoms with Crippen molar-refractivity contribution in [3.63, 3.8) is 0 Å². The molecule has 0 spiro atoms. The van der Waals surface area contributed by atoms with Crippen LogP contribution in [-0.2, 0) is 14.3 Å². The smallest absolute Gasteiger partial charge is 0.307 e. The molecule has 0 aromatic rings. The van der Waals surface area contributed by atoms with Crippen LogP contribution in [0.1, 0.15) is 58.3 Å². The highest BCUT2D eigenvalue weighted by atomic mass is 16.5. The van der Waals surface area contributed by atoms with Crippen LogP contribution in [0.3, 0.4) is 0 Å². The van der Waals surface area contributed by atoms with Crippen molar-refractivity contribution in [2.24, 2.45) is 0 Å². The fourth-order valence-corrected chi connectivity index (χ4v) is 3.69. The van der Waals surface area contributed by atoms with E-state index >= 15 is 0 Å². The second kappa shape index (κ2) is 7.99. The van der Waals surface area contributed by atoms with Gasteiger partial charge in [0.15, 0.2) is 0 Å². The molecule has 4 heteroatoms. The Morgan fingerprint density at radius 1 is 1.10 bits per heavy atom. The molecule has 0 unspecified atom stereocenters. The zero-order chi connectivity index (χ0) is 14.3. The van der Waals surface area contributed by atoms with E-state index in [9.17, 15) is 4.79 Å². The molecule has 0 atom stereocenters. The number of morpholine rings is 1. The highest BCUT2D eigenvalue weighted by Crippen LogP contribution is 2.35. The summed E-state index contributed by atoms with van der Waals surface area (Å²) in [7, 11) is 0. The Morgan fingerprint density at radius 3 is 2.30 bits per heavy atom. The summed E-state index contributed by atoms with van der Waals surface area (Å²) in [6.07, 6.45) is 9.23. The van der Waals surface area contributed by atoms with Crippen LogP contribution < -0.4 is 0 Å². The molecule has 1 saturated heterocycles. The van der Waals surface area contributed by atoms with Gasteiger partial charge in [0.2, 0.25) is 0 Å².